The van der Waals surface area contributed by atoms with Crippen molar-refractivity contribution in [3.63, 3.8) is 0 Å². The van der Waals surface area contributed by atoms with Gasteiger partial charge in [0.2, 0.25) is 0 Å². The fraction of sp³-hybridized carbons (Fsp3) is 0.333. The molecule has 1 saturated heterocycles. The molecule has 0 aliphatic carbocycles. The summed E-state index contributed by atoms with van der Waals surface area (Å²) in [5, 5.41) is 6.42. The summed E-state index contributed by atoms with van der Waals surface area (Å²) in [7, 11) is 3.96. The number of anilines is 3. The number of likely N-dealkylation sites (N-methyl/N-ethyl adjacent to an activating group) is 1. The minimum absolute atomic E-state index is 0.0863. The number of nitrogens with zero attached hydrogens (tertiary/aromatic N) is 5. The van der Waals surface area contributed by atoms with E-state index < -0.39 is 0 Å². The number of rotatable bonds is 8. The van der Waals surface area contributed by atoms with Crippen molar-refractivity contribution in [2.45, 2.75) is 25.8 Å². The normalized spacial score (nSPS) is 15.6. The predicted molar refractivity (Wildman–Crippen MR) is 147 cm³/mol. The standard InChI is InChI=1S/C27H31N7OS/c1-18-6-5-14-34(18)22-8-4-7-21(16-22)30-25-23-27(36-17-29-23)32-24(31-25)19-9-11-20(12-10-19)26(35)28-13-15-33(2)3/h4,7-12,16-18H,5-6,13-15H2,1-3H3,(H,28,35)(H,30,31,32). The van der Waals surface area contributed by atoms with Gasteiger partial charge in [0.05, 0.1) is 5.51 Å². The smallest absolute Gasteiger partial charge is 0.251 e. The Hall–Kier alpha value is -3.56. The highest BCUT2D eigenvalue weighted by Crippen LogP contribution is 2.31. The number of hydrogen-bond donors (Lipinski definition) is 2. The van der Waals surface area contributed by atoms with Crippen LogP contribution in [0.15, 0.2) is 54.0 Å². The number of benzene rings is 2. The zero-order valence-electron chi connectivity index (χ0n) is 20.9. The SMILES string of the molecule is CC1CCCN1c1cccc(Nc2nc(-c3ccc(C(=O)NCCN(C)C)cc3)nc3scnc23)c1. The molecule has 1 atom stereocenters. The highest BCUT2D eigenvalue weighted by Gasteiger charge is 2.21. The van der Waals surface area contributed by atoms with Crippen LogP contribution in [0.5, 0.6) is 0 Å². The lowest BCUT2D eigenvalue weighted by Crippen LogP contribution is -2.31. The molecule has 1 aliphatic heterocycles. The molecule has 8 nitrogen and oxygen atoms in total. The summed E-state index contributed by atoms with van der Waals surface area (Å²) in [5.41, 5.74) is 6.18. The molecule has 36 heavy (non-hydrogen) atoms. The third-order valence-corrected chi connectivity index (χ3v) is 7.16. The molecule has 0 spiro atoms. The van der Waals surface area contributed by atoms with Crippen molar-refractivity contribution in [1.29, 1.82) is 0 Å². The lowest BCUT2D eigenvalue weighted by molar-refractivity contribution is 0.0951. The van der Waals surface area contributed by atoms with Gasteiger partial charge >= 0.3 is 0 Å². The van der Waals surface area contributed by atoms with E-state index in [-0.39, 0.29) is 5.91 Å². The lowest BCUT2D eigenvalue weighted by atomic mass is 10.1. The van der Waals surface area contributed by atoms with Crippen molar-refractivity contribution >= 4 is 44.8 Å². The van der Waals surface area contributed by atoms with Crippen LogP contribution in [0.3, 0.4) is 0 Å². The molecule has 0 radical (unpaired) electrons. The monoisotopic (exact) mass is 501 g/mol. The van der Waals surface area contributed by atoms with Crippen LogP contribution in [0.25, 0.3) is 21.7 Å². The Labute approximate surface area is 215 Å². The highest BCUT2D eigenvalue weighted by molar-refractivity contribution is 7.16. The summed E-state index contributed by atoms with van der Waals surface area (Å²) in [6.45, 7) is 4.76. The molecule has 2 aromatic carbocycles. The van der Waals surface area contributed by atoms with Crippen LogP contribution >= 0.6 is 11.3 Å². The Morgan fingerprint density at radius 2 is 2.00 bits per heavy atom. The molecule has 5 rings (SSSR count). The van der Waals surface area contributed by atoms with Crippen LogP contribution in [-0.4, -0.2) is 65.5 Å². The molecule has 1 amide bonds. The Bertz CT molecular complexity index is 1350. The summed E-state index contributed by atoms with van der Waals surface area (Å²) in [6.07, 6.45) is 2.45. The topological polar surface area (TPSA) is 86.3 Å². The van der Waals surface area contributed by atoms with Crippen LogP contribution in [0.1, 0.15) is 30.1 Å². The minimum Gasteiger partial charge on any atom is -0.369 e. The quantitative estimate of drug-likeness (QED) is 0.359. The van der Waals surface area contributed by atoms with Gasteiger partial charge in [0, 0.05) is 48.2 Å². The molecule has 0 saturated carbocycles. The second-order valence-corrected chi connectivity index (χ2v) is 10.2. The van der Waals surface area contributed by atoms with E-state index in [2.05, 4.69) is 45.6 Å². The van der Waals surface area contributed by atoms with Gasteiger partial charge in [-0.25, -0.2) is 15.0 Å². The first-order valence-electron chi connectivity index (χ1n) is 12.3. The zero-order chi connectivity index (χ0) is 25.1. The number of amides is 1. The number of thiazole rings is 1. The van der Waals surface area contributed by atoms with Gasteiger partial charge in [0.1, 0.15) is 10.3 Å². The fourth-order valence-electron chi connectivity index (χ4n) is 4.46. The van der Waals surface area contributed by atoms with E-state index in [4.69, 9.17) is 9.97 Å². The first-order valence-corrected chi connectivity index (χ1v) is 13.1. The average Bonchev–Trinajstić information content (AvgIpc) is 3.53. The largest absolute Gasteiger partial charge is 0.369 e. The Morgan fingerprint density at radius 3 is 2.75 bits per heavy atom. The van der Waals surface area contributed by atoms with Gasteiger partial charge in [-0.2, -0.15) is 0 Å². The third kappa shape index (κ3) is 5.32. The molecule has 4 aromatic rings. The van der Waals surface area contributed by atoms with E-state index in [1.54, 1.807) is 5.51 Å². The van der Waals surface area contributed by atoms with Gasteiger partial charge in [-0.05, 0) is 64.2 Å². The molecule has 2 N–H and O–H groups in total. The number of carbonyl (C=O) groups is 1. The second kappa shape index (κ2) is 10.6. The molecular formula is C27H31N7OS. The van der Waals surface area contributed by atoms with Gasteiger partial charge in [-0.15, -0.1) is 11.3 Å². The fourth-order valence-corrected chi connectivity index (χ4v) is 5.12. The van der Waals surface area contributed by atoms with Crippen molar-refractivity contribution in [3.05, 3.63) is 59.6 Å². The van der Waals surface area contributed by atoms with E-state index in [0.29, 0.717) is 29.8 Å². The molecule has 0 bridgehead atoms. The zero-order valence-corrected chi connectivity index (χ0v) is 21.7. The number of fused-ring (bicyclic) bond motifs is 1. The molecule has 1 unspecified atom stereocenters. The van der Waals surface area contributed by atoms with Crippen molar-refractivity contribution < 1.29 is 4.79 Å². The maximum Gasteiger partial charge on any atom is 0.251 e. The van der Waals surface area contributed by atoms with E-state index in [1.807, 2.05) is 49.3 Å². The average molecular weight is 502 g/mol. The molecule has 1 fully saturated rings. The molecule has 2 aromatic heterocycles. The van der Waals surface area contributed by atoms with Crippen LogP contribution in [0.4, 0.5) is 17.2 Å². The molecule has 9 heteroatoms. The molecule has 3 heterocycles. The summed E-state index contributed by atoms with van der Waals surface area (Å²) in [5.74, 6) is 1.18. The van der Waals surface area contributed by atoms with Crippen molar-refractivity contribution in [1.82, 2.24) is 25.2 Å². The van der Waals surface area contributed by atoms with Crippen LogP contribution in [0.2, 0.25) is 0 Å². The summed E-state index contributed by atoms with van der Waals surface area (Å²) < 4.78 is 0. The Balaban J connectivity index is 1.38. The summed E-state index contributed by atoms with van der Waals surface area (Å²) >= 11 is 1.49. The molecular weight excluding hydrogens is 470 g/mol. The molecule has 1 aliphatic rings. The first-order chi connectivity index (χ1) is 17.5. The van der Waals surface area contributed by atoms with E-state index in [0.717, 1.165) is 34.7 Å². The van der Waals surface area contributed by atoms with E-state index in [9.17, 15) is 4.79 Å². The van der Waals surface area contributed by atoms with Gasteiger partial charge < -0.3 is 20.4 Å². The maximum atomic E-state index is 12.4. The summed E-state index contributed by atoms with van der Waals surface area (Å²) in [6, 6.07) is 16.4. The number of carbonyl (C=O) groups excluding carboxylic acids is 1. The van der Waals surface area contributed by atoms with Gasteiger partial charge in [0.25, 0.3) is 5.91 Å². The van der Waals surface area contributed by atoms with E-state index >= 15 is 0 Å². The Kier molecular flexibility index (Phi) is 7.11. The van der Waals surface area contributed by atoms with Crippen LogP contribution < -0.4 is 15.5 Å². The van der Waals surface area contributed by atoms with Gasteiger partial charge in [-0.3, -0.25) is 4.79 Å². The Morgan fingerprint density at radius 1 is 1.17 bits per heavy atom. The van der Waals surface area contributed by atoms with Crippen molar-refractivity contribution in [3.8, 4) is 11.4 Å². The molecule has 186 valence electrons. The minimum atomic E-state index is -0.0863. The van der Waals surface area contributed by atoms with Crippen molar-refractivity contribution in [2.24, 2.45) is 0 Å². The van der Waals surface area contributed by atoms with Crippen LogP contribution in [-0.2, 0) is 0 Å². The predicted octanol–water partition coefficient (Wildman–Crippen LogP) is 4.78. The first kappa shape index (κ1) is 24.1. The van der Waals surface area contributed by atoms with E-state index in [1.165, 1.54) is 29.9 Å². The lowest BCUT2D eigenvalue weighted by Gasteiger charge is -2.24. The number of nitrogens with one attached hydrogen (secondary N) is 2. The number of aromatic nitrogens is 3. The number of hydrogen-bond acceptors (Lipinski definition) is 8. The van der Waals surface area contributed by atoms with Gasteiger partial charge in [0.15, 0.2) is 11.6 Å². The van der Waals surface area contributed by atoms with Gasteiger partial charge in [-0.1, -0.05) is 18.2 Å². The van der Waals surface area contributed by atoms with Crippen molar-refractivity contribution in [2.75, 3.05) is 43.9 Å². The third-order valence-electron chi connectivity index (χ3n) is 6.44. The maximum absolute atomic E-state index is 12.4. The summed E-state index contributed by atoms with van der Waals surface area (Å²) in [4.78, 5) is 31.8. The second-order valence-electron chi connectivity index (χ2n) is 9.40. The highest BCUT2D eigenvalue weighted by atomic mass is 32.1. The van der Waals surface area contributed by atoms with Crippen LogP contribution in [0, 0.1) is 0 Å².